The summed E-state index contributed by atoms with van der Waals surface area (Å²) in [4.78, 5) is 15.4. The number of aryl methyl sites for hydroxylation is 3. The molecule has 40 heavy (non-hydrogen) atoms. The number of nitrogens with one attached hydrogen (secondary N) is 1. The number of aromatic nitrogens is 6. The third-order valence-electron chi connectivity index (χ3n) is 8.64. The lowest BCUT2D eigenvalue weighted by Crippen LogP contribution is -2.45. The van der Waals surface area contributed by atoms with Crippen molar-refractivity contribution in [1.29, 1.82) is 0 Å². The lowest BCUT2D eigenvalue weighted by atomic mass is 9.97. The molecule has 6 rings (SSSR count). The smallest absolute Gasteiger partial charge is 0.162 e. The average Bonchev–Trinajstić information content (AvgIpc) is 3.46. The van der Waals surface area contributed by atoms with E-state index in [9.17, 15) is 0 Å². The molecule has 5 heterocycles. The maximum atomic E-state index is 6.92. The van der Waals surface area contributed by atoms with E-state index in [1.807, 2.05) is 18.8 Å². The van der Waals surface area contributed by atoms with Crippen molar-refractivity contribution in [2.75, 3.05) is 30.0 Å². The number of hydrogen-bond acceptors (Lipinski definition) is 7. The third kappa shape index (κ3) is 4.43. The third-order valence-corrected chi connectivity index (χ3v) is 9.00. The molecule has 2 aliphatic heterocycles. The van der Waals surface area contributed by atoms with E-state index in [0.717, 1.165) is 93.9 Å². The standard InChI is InChI=1S/C30H39ClN8O/c1-16(2)27-26(31)30(37(6)36-27)38-12-11-22-21(15-38)29(39-13-10-20(40-7)14-18(39)4)33-28(32-22)24-17(3)8-9-23-25(24)19(5)34-35-23/h8-9,16,18,20H,10-15H2,1-7H3,(H,34,35). The van der Waals surface area contributed by atoms with Crippen molar-refractivity contribution in [3.8, 4) is 11.4 Å². The van der Waals surface area contributed by atoms with E-state index in [-0.39, 0.29) is 12.0 Å². The van der Waals surface area contributed by atoms with Crippen LogP contribution in [-0.4, -0.2) is 62.3 Å². The van der Waals surface area contributed by atoms with Crippen molar-refractivity contribution in [1.82, 2.24) is 29.9 Å². The van der Waals surface area contributed by atoms with E-state index in [1.54, 1.807) is 0 Å². The van der Waals surface area contributed by atoms with Crippen molar-refractivity contribution in [3.63, 3.8) is 0 Å². The molecule has 1 aromatic carbocycles. The van der Waals surface area contributed by atoms with Crippen LogP contribution in [0, 0.1) is 13.8 Å². The first-order chi connectivity index (χ1) is 19.2. The number of benzene rings is 1. The Morgan fingerprint density at radius 1 is 1.15 bits per heavy atom. The summed E-state index contributed by atoms with van der Waals surface area (Å²) in [5, 5.41) is 14.3. The van der Waals surface area contributed by atoms with Crippen LogP contribution in [0.15, 0.2) is 12.1 Å². The Morgan fingerprint density at radius 2 is 1.95 bits per heavy atom. The summed E-state index contributed by atoms with van der Waals surface area (Å²) in [5.41, 5.74) is 7.40. The van der Waals surface area contributed by atoms with Gasteiger partial charge in [-0.1, -0.05) is 31.5 Å². The van der Waals surface area contributed by atoms with Crippen molar-refractivity contribution >= 4 is 34.1 Å². The molecule has 1 saturated heterocycles. The molecular formula is C30H39ClN8O. The molecule has 10 heteroatoms. The van der Waals surface area contributed by atoms with E-state index in [1.165, 1.54) is 5.56 Å². The highest BCUT2D eigenvalue weighted by molar-refractivity contribution is 6.33. The van der Waals surface area contributed by atoms with Crippen LogP contribution in [-0.2, 0) is 24.8 Å². The van der Waals surface area contributed by atoms with Gasteiger partial charge in [-0.2, -0.15) is 10.2 Å². The molecule has 0 spiro atoms. The van der Waals surface area contributed by atoms with Gasteiger partial charge in [-0.25, -0.2) is 9.97 Å². The zero-order chi connectivity index (χ0) is 28.3. The minimum absolute atomic E-state index is 0.256. The number of halogens is 1. The quantitative estimate of drug-likeness (QED) is 0.333. The van der Waals surface area contributed by atoms with Crippen molar-refractivity contribution in [2.45, 2.75) is 78.5 Å². The van der Waals surface area contributed by atoms with Gasteiger partial charge in [0.25, 0.3) is 0 Å². The lowest BCUT2D eigenvalue weighted by molar-refractivity contribution is 0.0719. The van der Waals surface area contributed by atoms with Crippen LogP contribution in [0.3, 0.4) is 0 Å². The van der Waals surface area contributed by atoms with Gasteiger partial charge in [0.15, 0.2) is 5.82 Å². The number of nitrogens with zero attached hydrogens (tertiary/aromatic N) is 7. The molecule has 3 aromatic heterocycles. The molecule has 9 nitrogen and oxygen atoms in total. The van der Waals surface area contributed by atoms with Gasteiger partial charge in [-0.3, -0.25) is 9.78 Å². The van der Waals surface area contributed by atoms with E-state index in [0.29, 0.717) is 12.6 Å². The number of piperidine rings is 1. The minimum Gasteiger partial charge on any atom is -0.381 e. The highest BCUT2D eigenvalue weighted by atomic mass is 35.5. The molecule has 1 N–H and O–H groups in total. The first-order valence-electron chi connectivity index (χ1n) is 14.3. The zero-order valence-corrected chi connectivity index (χ0v) is 25.3. The maximum Gasteiger partial charge on any atom is 0.162 e. The van der Waals surface area contributed by atoms with Gasteiger partial charge in [0.05, 0.1) is 23.0 Å². The fourth-order valence-corrected chi connectivity index (χ4v) is 6.96. The van der Waals surface area contributed by atoms with Gasteiger partial charge in [-0.15, -0.1) is 0 Å². The highest BCUT2D eigenvalue weighted by Gasteiger charge is 2.33. The van der Waals surface area contributed by atoms with Crippen molar-refractivity contribution in [3.05, 3.63) is 45.4 Å². The number of ether oxygens (including phenoxy) is 1. The molecule has 0 radical (unpaired) electrons. The number of hydrogen-bond donors (Lipinski definition) is 1. The van der Waals surface area contributed by atoms with E-state index in [4.69, 9.17) is 31.4 Å². The lowest BCUT2D eigenvalue weighted by Gasteiger charge is -2.40. The number of anilines is 2. The van der Waals surface area contributed by atoms with Gasteiger partial charge < -0.3 is 14.5 Å². The summed E-state index contributed by atoms with van der Waals surface area (Å²) in [6.45, 7) is 13.1. The molecule has 0 saturated carbocycles. The second kappa shape index (κ2) is 10.3. The molecule has 2 unspecified atom stereocenters. The van der Waals surface area contributed by atoms with Gasteiger partial charge in [-0.05, 0) is 51.2 Å². The van der Waals surface area contributed by atoms with E-state index >= 15 is 0 Å². The molecule has 4 aromatic rings. The topological polar surface area (TPSA) is 88.0 Å². The van der Waals surface area contributed by atoms with Crippen molar-refractivity contribution in [2.24, 2.45) is 7.05 Å². The normalized spacial score (nSPS) is 19.6. The monoisotopic (exact) mass is 562 g/mol. The second-order valence-corrected chi connectivity index (χ2v) is 12.1. The minimum atomic E-state index is 0.256. The second-order valence-electron chi connectivity index (χ2n) is 11.7. The Morgan fingerprint density at radius 3 is 2.65 bits per heavy atom. The molecule has 0 bridgehead atoms. The Hall–Kier alpha value is -3.17. The molecule has 2 atom stereocenters. The summed E-state index contributed by atoms with van der Waals surface area (Å²) < 4.78 is 7.67. The Balaban J connectivity index is 1.49. The van der Waals surface area contributed by atoms with Crippen LogP contribution < -0.4 is 9.80 Å². The van der Waals surface area contributed by atoms with Crippen LogP contribution in [0.5, 0.6) is 0 Å². The van der Waals surface area contributed by atoms with Gasteiger partial charge >= 0.3 is 0 Å². The summed E-state index contributed by atoms with van der Waals surface area (Å²) in [6.07, 6.45) is 3.01. The average molecular weight is 563 g/mol. The van der Waals surface area contributed by atoms with Crippen LogP contribution in [0.2, 0.25) is 5.02 Å². The molecule has 1 fully saturated rings. The number of methoxy groups -OCH3 is 1. The van der Waals surface area contributed by atoms with Crippen LogP contribution in [0.1, 0.15) is 67.7 Å². The fourth-order valence-electron chi connectivity index (χ4n) is 6.46. The summed E-state index contributed by atoms with van der Waals surface area (Å²) in [7, 11) is 3.80. The van der Waals surface area contributed by atoms with Crippen LogP contribution in [0.4, 0.5) is 11.6 Å². The Kier molecular flexibility index (Phi) is 6.99. The number of fused-ring (bicyclic) bond motifs is 2. The maximum absolute atomic E-state index is 6.92. The Bertz CT molecular complexity index is 1570. The number of rotatable bonds is 5. The first-order valence-corrected chi connectivity index (χ1v) is 14.7. The largest absolute Gasteiger partial charge is 0.381 e. The zero-order valence-electron chi connectivity index (χ0n) is 24.5. The highest BCUT2D eigenvalue weighted by Crippen LogP contribution is 2.40. The fraction of sp³-hybridized carbons (Fsp3) is 0.533. The summed E-state index contributed by atoms with van der Waals surface area (Å²) in [5.74, 6) is 3.02. The van der Waals surface area contributed by atoms with Gasteiger partial charge in [0.1, 0.15) is 16.7 Å². The van der Waals surface area contributed by atoms with E-state index < -0.39 is 0 Å². The molecule has 2 aliphatic rings. The van der Waals surface area contributed by atoms with Crippen LogP contribution in [0.25, 0.3) is 22.3 Å². The summed E-state index contributed by atoms with van der Waals surface area (Å²) >= 11 is 6.92. The number of H-pyrrole nitrogens is 1. The van der Waals surface area contributed by atoms with Crippen molar-refractivity contribution < 1.29 is 4.74 Å². The van der Waals surface area contributed by atoms with Gasteiger partial charge in [0, 0.05) is 68.5 Å². The predicted molar refractivity (Wildman–Crippen MR) is 160 cm³/mol. The first kappa shape index (κ1) is 27.0. The SMILES string of the molecule is COC1CCN(c2nc(-c3c(C)ccc4n[nH]c(C)c34)nc3c2CN(c2c(Cl)c(C(C)C)nn2C)CC3)C(C)C1. The van der Waals surface area contributed by atoms with Crippen LogP contribution >= 0.6 is 11.6 Å². The molecule has 0 amide bonds. The van der Waals surface area contributed by atoms with E-state index in [2.05, 4.69) is 66.7 Å². The molecular weight excluding hydrogens is 524 g/mol. The summed E-state index contributed by atoms with van der Waals surface area (Å²) in [6, 6.07) is 4.47. The van der Waals surface area contributed by atoms with Gasteiger partial charge in [0.2, 0.25) is 0 Å². The Labute approximate surface area is 240 Å². The predicted octanol–water partition coefficient (Wildman–Crippen LogP) is 5.71. The molecule has 0 aliphatic carbocycles. The molecule has 212 valence electrons. The number of aromatic amines is 1.